The molecule has 25 heavy (non-hydrogen) atoms. The number of aromatic nitrogens is 3. The third-order valence-corrected chi connectivity index (χ3v) is 6.34. The van der Waals surface area contributed by atoms with Crippen molar-refractivity contribution in [2.75, 3.05) is 4.72 Å². The minimum atomic E-state index is -3.75. The fraction of sp³-hybridized carbons (Fsp3) is 0.294. The number of rotatable bonds is 5. The van der Waals surface area contributed by atoms with Crippen LogP contribution >= 0.6 is 11.3 Å². The predicted molar refractivity (Wildman–Crippen MR) is 100 cm³/mol. The zero-order valence-corrected chi connectivity index (χ0v) is 16.2. The molecule has 0 unspecified atom stereocenters. The number of hydrogen-bond acceptors (Lipinski definition) is 5. The molecule has 0 aliphatic heterocycles. The number of nitrogens with zero attached hydrogens (tertiary/aromatic N) is 3. The summed E-state index contributed by atoms with van der Waals surface area (Å²) in [6.45, 7) is 7.96. The molecule has 3 rings (SSSR count). The number of nitrogens with one attached hydrogen (secondary N) is 1. The molecule has 0 saturated carbocycles. The van der Waals surface area contributed by atoms with Gasteiger partial charge < -0.3 is 0 Å². The Kier molecular flexibility index (Phi) is 4.66. The summed E-state index contributed by atoms with van der Waals surface area (Å²) in [5.41, 5.74) is 3.16. The summed E-state index contributed by atoms with van der Waals surface area (Å²) in [5.74, 6) is 0. The smallest absolute Gasteiger partial charge is 0.265 e. The van der Waals surface area contributed by atoms with Crippen molar-refractivity contribution < 1.29 is 8.42 Å². The van der Waals surface area contributed by atoms with E-state index in [4.69, 9.17) is 0 Å². The van der Waals surface area contributed by atoms with Gasteiger partial charge in [0, 0.05) is 17.5 Å². The van der Waals surface area contributed by atoms with Gasteiger partial charge in [-0.05, 0) is 33.8 Å². The zero-order chi connectivity index (χ0) is 18.2. The van der Waals surface area contributed by atoms with E-state index in [-0.39, 0.29) is 4.90 Å². The molecule has 1 aromatic carbocycles. The van der Waals surface area contributed by atoms with Crippen LogP contribution in [0.2, 0.25) is 0 Å². The fourth-order valence-corrected chi connectivity index (χ4v) is 4.96. The van der Waals surface area contributed by atoms with Crippen LogP contribution in [0.15, 0.2) is 34.5 Å². The number of sulfonamides is 1. The van der Waals surface area contributed by atoms with Crippen molar-refractivity contribution in [2.45, 2.75) is 39.1 Å². The van der Waals surface area contributed by atoms with Gasteiger partial charge in [-0.3, -0.25) is 9.40 Å². The fourth-order valence-electron chi connectivity index (χ4n) is 2.86. The Morgan fingerprint density at radius 1 is 1.20 bits per heavy atom. The lowest BCUT2D eigenvalue weighted by Crippen LogP contribution is -2.15. The van der Waals surface area contributed by atoms with Crippen LogP contribution < -0.4 is 4.72 Å². The molecule has 0 radical (unpaired) electrons. The summed E-state index contributed by atoms with van der Waals surface area (Å²) in [5, 5.41) is 7.17. The highest BCUT2D eigenvalue weighted by Gasteiger charge is 2.25. The number of para-hydroxylation sites is 1. The Morgan fingerprint density at radius 2 is 1.92 bits per heavy atom. The summed E-state index contributed by atoms with van der Waals surface area (Å²) in [7, 11) is -3.75. The van der Waals surface area contributed by atoms with Crippen LogP contribution in [0, 0.1) is 20.8 Å². The molecule has 8 heteroatoms. The minimum absolute atomic E-state index is 0.235. The van der Waals surface area contributed by atoms with Crippen molar-refractivity contribution in [3.8, 4) is 11.3 Å². The molecule has 0 amide bonds. The first kappa shape index (κ1) is 17.6. The van der Waals surface area contributed by atoms with Crippen molar-refractivity contribution >= 4 is 27.0 Å². The maximum Gasteiger partial charge on any atom is 0.265 e. The van der Waals surface area contributed by atoms with Gasteiger partial charge >= 0.3 is 0 Å². The number of benzene rings is 1. The van der Waals surface area contributed by atoms with E-state index in [1.165, 1.54) is 11.3 Å². The van der Waals surface area contributed by atoms with E-state index < -0.39 is 10.0 Å². The molecule has 0 fully saturated rings. The first-order chi connectivity index (χ1) is 11.8. The second kappa shape index (κ2) is 6.61. The van der Waals surface area contributed by atoms with Gasteiger partial charge in [0.15, 0.2) is 0 Å². The summed E-state index contributed by atoms with van der Waals surface area (Å²) >= 11 is 1.53. The molecule has 0 atom stereocenters. The van der Waals surface area contributed by atoms with Gasteiger partial charge in [-0.15, -0.1) is 11.3 Å². The standard InChI is InChI=1S/C17H20N4O2S2/c1-5-21-12(3)17(11(2)19-21)25(22,23)20-15-9-7-6-8-14(15)16-10-24-13(4)18-16/h6-10,20H,5H2,1-4H3. The van der Waals surface area contributed by atoms with Gasteiger partial charge in [-0.25, -0.2) is 13.4 Å². The lowest BCUT2D eigenvalue weighted by atomic mass is 10.1. The van der Waals surface area contributed by atoms with Crippen LogP contribution in [-0.4, -0.2) is 23.2 Å². The Balaban J connectivity index is 2.05. The quantitative estimate of drug-likeness (QED) is 0.736. The Morgan fingerprint density at radius 3 is 2.52 bits per heavy atom. The molecule has 2 heterocycles. The Labute approximate surface area is 151 Å². The normalized spacial score (nSPS) is 11.7. The van der Waals surface area contributed by atoms with Gasteiger partial charge in [-0.1, -0.05) is 18.2 Å². The zero-order valence-electron chi connectivity index (χ0n) is 14.6. The summed E-state index contributed by atoms with van der Waals surface area (Å²) in [6.07, 6.45) is 0. The van der Waals surface area contributed by atoms with Crippen LogP contribution in [0.5, 0.6) is 0 Å². The largest absolute Gasteiger partial charge is 0.279 e. The van der Waals surface area contributed by atoms with E-state index in [9.17, 15) is 8.42 Å². The van der Waals surface area contributed by atoms with Crippen molar-refractivity contribution in [3.63, 3.8) is 0 Å². The molecule has 0 aliphatic rings. The molecule has 3 aromatic rings. The molecule has 0 aliphatic carbocycles. The number of aryl methyl sites for hydroxylation is 3. The van der Waals surface area contributed by atoms with Gasteiger partial charge in [0.25, 0.3) is 10.0 Å². The van der Waals surface area contributed by atoms with E-state index in [0.29, 0.717) is 23.6 Å². The predicted octanol–water partition coefficient (Wildman–Crippen LogP) is 3.75. The molecule has 0 saturated heterocycles. The van der Waals surface area contributed by atoms with E-state index in [0.717, 1.165) is 16.3 Å². The number of anilines is 1. The van der Waals surface area contributed by atoms with Crippen LogP contribution in [-0.2, 0) is 16.6 Å². The Bertz CT molecular complexity index is 1020. The number of thiazole rings is 1. The first-order valence-electron chi connectivity index (χ1n) is 7.92. The van der Waals surface area contributed by atoms with Gasteiger partial charge in [-0.2, -0.15) is 5.10 Å². The molecular formula is C17H20N4O2S2. The lowest BCUT2D eigenvalue weighted by molar-refractivity contribution is 0.598. The summed E-state index contributed by atoms with van der Waals surface area (Å²) < 4.78 is 30.4. The van der Waals surface area contributed by atoms with E-state index in [1.807, 2.05) is 31.4 Å². The molecule has 0 spiro atoms. The van der Waals surface area contributed by atoms with Crippen LogP contribution in [0.1, 0.15) is 23.3 Å². The highest BCUT2D eigenvalue weighted by atomic mass is 32.2. The van der Waals surface area contributed by atoms with Crippen LogP contribution in [0.25, 0.3) is 11.3 Å². The lowest BCUT2D eigenvalue weighted by Gasteiger charge is -2.12. The second-order valence-corrected chi connectivity index (χ2v) is 8.40. The molecule has 132 valence electrons. The minimum Gasteiger partial charge on any atom is -0.279 e. The van der Waals surface area contributed by atoms with Gasteiger partial charge in [0.1, 0.15) is 4.90 Å². The number of hydrogen-bond donors (Lipinski definition) is 1. The maximum atomic E-state index is 13.0. The monoisotopic (exact) mass is 376 g/mol. The molecule has 0 bridgehead atoms. The van der Waals surface area contributed by atoms with Crippen molar-refractivity contribution in [1.82, 2.24) is 14.8 Å². The average Bonchev–Trinajstić information content (AvgIpc) is 3.10. The summed E-state index contributed by atoms with van der Waals surface area (Å²) in [4.78, 5) is 4.70. The average molecular weight is 377 g/mol. The van der Waals surface area contributed by atoms with Crippen LogP contribution in [0.4, 0.5) is 5.69 Å². The molecular weight excluding hydrogens is 356 g/mol. The van der Waals surface area contributed by atoms with Gasteiger partial charge in [0.05, 0.1) is 27.8 Å². The Hall–Kier alpha value is -2.19. The van der Waals surface area contributed by atoms with E-state index >= 15 is 0 Å². The second-order valence-electron chi connectivity index (χ2n) is 5.72. The molecule has 2 aromatic heterocycles. The first-order valence-corrected chi connectivity index (χ1v) is 10.3. The van der Waals surface area contributed by atoms with Crippen molar-refractivity contribution in [1.29, 1.82) is 0 Å². The maximum absolute atomic E-state index is 13.0. The van der Waals surface area contributed by atoms with Crippen LogP contribution in [0.3, 0.4) is 0 Å². The van der Waals surface area contributed by atoms with E-state index in [2.05, 4.69) is 14.8 Å². The third-order valence-electron chi connectivity index (χ3n) is 3.95. The van der Waals surface area contributed by atoms with Crippen molar-refractivity contribution in [2.24, 2.45) is 0 Å². The molecule has 1 N–H and O–H groups in total. The summed E-state index contributed by atoms with van der Waals surface area (Å²) in [6, 6.07) is 7.28. The topological polar surface area (TPSA) is 76.9 Å². The third kappa shape index (κ3) is 3.32. The van der Waals surface area contributed by atoms with E-state index in [1.54, 1.807) is 30.7 Å². The van der Waals surface area contributed by atoms with Gasteiger partial charge in [0.2, 0.25) is 0 Å². The highest BCUT2D eigenvalue weighted by Crippen LogP contribution is 2.31. The highest BCUT2D eigenvalue weighted by molar-refractivity contribution is 7.92. The van der Waals surface area contributed by atoms with Crippen molar-refractivity contribution in [3.05, 3.63) is 46.0 Å². The SMILES string of the molecule is CCn1nc(C)c(S(=O)(=O)Nc2ccccc2-c2csc(C)n2)c1C. The molecule has 6 nitrogen and oxygen atoms in total.